The van der Waals surface area contributed by atoms with Gasteiger partial charge in [-0.15, -0.1) is 0 Å². The van der Waals surface area contributed by atoms with Crippen molar-refractivity contribution in [3.8, 4) is 0 Å². The van der Waals surface area contributed by atoms with E-state index < -0.39 is 23.5 Å². The first-order valence-corrected chi connectivity index (χ1v) is 10.6. The number of carbonyl (C=O) groups is 2. The van der Waals surface area contributed by atoms with Crippen LogP contribution in [0, 0.1) is 11.7 Å². The van der Waals surface area contributed by atoms with Gasteiger partial charge in [0.05, 0.1) is 12.2 Å². The second-order valence-corrected chi connectivity index (χ2v) is 8.74. The maximum atomic E-state index is 14.4. The first-order valence-electron chi connectivity index (χ1n) is 10.6. The minimum atomic E-state index is -0.807. The lowest BCUT2D eigenvalue weighted by molar-refractivity contribution is -0.139. The number of hydrogen-bond acceptors (Lipinski definition) is 4. The molecule has 2 saturated heterocycles. The highest BCUT2D eigenvalue weighted by molar-refractivity contribution is 5.98. The first-order chi connectivity index (χ1) is 13.9. The van der Waals surface area contributed by atoms with Gasteiger partial charge in [-0.05, 0) is 50.8 Å². The van der Waals surface area contributed by atoms with Gasteiger partial charge in [-0.3, -0.25) is 14.5 Å². The standard InChI is InChI=1S/C22H30FN3O3/c1-16-7-9-22(10-8-16)26(20(27)17-5-3-4-6-18(17)23)19(15-29-22)21(28)25-13-11-24(2)12-14-25/h3-6,16,19H,7-15H2,1-2H3. The second-order valence-electron chi connectivity index (χ2n) is 8.74. The molecule has 2 amide bonds. The smallest absolute Gasteiger partial charge is 0.259 e. The number of halogens is 1. The van der Waals surface area contributed by atoms with Crippen LogP contribution in [0.15, 0.2) is 24.3 Å². The van der Waals surface area contributed by atoms with E-state index in [0.717, 1.165) is 25.9 Å². The van der Waals surface area contributed by atoms with Crippen LogP contribution >= 0.6 is 0 Å². The molecule has 1 atom stereocenters. The van der Waals surface area contributed by atoms with E-state index in [9.17, 15) is 14.0 Å². The van der Waals surface area contributed by atoms with Crippen LogP contribution in [0.2, 0.25) is 0 Å². The summed E-state index contributed by atoms with van der Waals surface area (Å²) in [5, 5.41) is 0. The molecular formula is C22H30FN3O3. The Morgan fingerprint density at radius 3 is 2.41 bits per heavy atom. The molecule has 1 aromatic rings. The number of carbonyl (C=O) groups excluding carboxylic acids is 2. The summed E-state index contributed by atoms with van der Waals surface area (Å²) in [6.07, 6.45) is 3.22. The van der Waals surface area contributed by atoms with Gasteiger partial charge in [-0.1, -0.05) is 19.1 Å². The Balaban J connectivity index is 1.64. The van der Waals surface area contributed by atoms with Crippen molar-refractivity contribution < 1.29 is 18.7 Å². The van der Waals surface area contributed by atoms with Crippen molar-refractivity contribution in [1.29, 1.82) is 0 Å². The minimum Gasteiger partial charge on any atom is -0.353 e. The molecule has 6 nitrogen and oxygen atoms in total. The molecule has 0 radical (unpaired) electrons. The van der Waals surface area contributed by atoms with E-state index in [-0.39, 0.29) is 18.1 Å². The van der Waals surface area contributed by atoms with E-state index in [1.54, 1.807) is 17.0 Å². The van der Waals surface area contributed by atoms with Crippen molar-refractivity contribution in [3.63, 3.8) is 0 Å². The summed E-state index contributed by atoms with van der Waals surface area (Å²) in [6.45, 7) is 5.26. The third-order valence-corrected chi connectivity index (χ3v) is 6.74. The molecule has 0 N–H and O–H groups in total. The van der Waals surface area contributed by atoms with Gasteiger partial charge in [0, 0.05) is 26.2 Å². The molecule has 2 heterocycles. The quantitative estimate of drug-likeness (QED) is 0.761. The predicted octanol–water partition coefficient (Wildman–Crippen LogP) is 2.35. The number of rotatable bonds is 2. The van der Waals surface area contributed by atoms with Crippen LogP contribution in [0.4, 0.5) is 4.39 Å². The SMILES string of the molecule is CC1CCC2(CC1)OCC(C(=O)N1CCN(C)CC1)N2C(=O)c1ccccc1F. The summed E-state index contributed by atoms with van der Waals surface area (Å²) in [5.41, 5.74) is -0.800. The lowest BCUT2D eigenvalue weighted by atomic mass is 9.83. The van der Waals surface area contributed by atoms with Crippen molar-refractivity contribution in [3.05, 3.63) is 35.6 Å². The van der Waals surface area contributed by atoms with Crippen molar-refractivity contribution in [2.75, 3.05) is 39.8 Å². The number of hydrogen-bond donors (Lipinski definition) is 0. The molecule has 0 bridgehead atoms. The van der Waals surface area contributed by atoms with Gasteiger partial charge in [0.2, 0.25) is 5.91 Å². The van der Waals surface area contributed by atoms with Crippen LogP contribution in [0.25, 0.3) is 0 Å². The van der Waals surface area contributed by atoms with Crippen LogP contribution < -0.4 is 0 Å². The van der Waals surface area contributed by atoms with Gasteiger partial charge >= 0.3 is 0 Å². The number of ether oxygens (including phenoxy) is 1. The summed E-state index contributed by atoms with van der Waals surface area (Å²) in [5.74, 6) is -0.530. The van der Waals surface area contributed by atoms with Crippen LogP contribution in [0.1, 0.15) is 43.0 Å². The Hall–Kier alpha value is -1.99. The molecule has 2 aliphatic heterocycles. The van der Waals surface area contributed by atoms with Gasteiger partial charge in [0.25, 0.3) is 5.91 Å². The molecule has 158 valence electrons. The summed E-state index contributed by atoms with van der Waals surface area (Å²) in [6, 6.07) is 5.31. The van der Waals surface area contributed by atoms with E-state index in [1.165, 1.54) is 12.1 Å². The molecule has 0 aromatic heterocycles. The molecule has 1 aliphatic carbocycles. The van der Waals surface area contributed by atoms with Crippen molar-refractivity contribution in [1.82, 2.24) is 14.7 Å². The number of amides is 2. The number of piperazine rings is 1. The van der Waals surface area contributed by atoms with E-state index in [0.29, 0.717) is 31.8 Å². The number of benzene rings is 1. The number of likely N-dealkylation sites (N-methyl/N-ethyl adjacent to an activating group) is 1. The highest BCUT2D eigenvalue weighted by Gasteiger charge is 2.54. The molecule has 7 heteroatoms. The van der Waals surface area contributed by atoms with Crippen LogP contribution in [-0.2, 0) is 9.53 Å². The molecule has 1 unspecified atom stereocenters. The summed E-state index contributed by atoms with van der Waals surface area (Å²) < 4.78 is 20.6. The molecule has 29 heavy (non-hydrogen) atoms. The van der Waals surface area contributed by atoms with E-state index in [2.05, 4.69) is 11.8 Å². The van der Waals surface area contributed by atoms with Gasteiger partial charge in [0.15, 0.2) is 0 Å². The maximum Gasteiger partial charge on any atom is 0.259 e. The van der Waals surface area contributed by atoms with Crippen molar-refractivity contribution in [2.24, 2.45) is 5.92 Å². The molecule has 1 saturated carbocycles. The average molecular weight is 403 g/mol. The fourth-order valence-corrected chi connectivity index (χ4v) is 4.77. The average Bonchev–Trinajstić information content (AvgIpc) is 3.09. The summed E-state index contributed by atoms with van der Waals surface area (Å²) in [4.78, 5) is 32.5. The zero-order valence-electron chi connectivity index (χ0n) is 17.3. The molecule has 1 spiro atoms. The maximum absolute atomic E-state index is 14.4. The predicted molar refractivity (Wildman–Crippen MR) is 107 cm³/mol. The highest BCUT2D eigenvalue weighted by atomic mass is 19.1. The third kappa shape index (κ3) is 3.78. The molecule has 4 rings (SSSR count). The fourth-order valence-electron chi connectivity index (χ4n) is 4.77. The lowest BCUT2D eigenvalue weighted by Crippen LogP contribution is -2.59. The summed E-state index contributed by atoms with van der Waals surface area (Å²) >= 11 is 0. The Labute approximate surface area is 171 Å². The van der Waals surface area contributed by atoms with Crippen LogP contribution in [0.5, 0.6) is 0 Å². The third-order valence-electron chi connectivity index (χ3n) is 6.74. The zero-order chi connectivity index (χ0) is 20.6. The van der Waals surface area contributed by atoms with Crippen LogP contribution in [0.3, 0.4) is 0 Å². The fraction of sp³-hybridized carbons (Fsp3) is 0.636. The van der Waals surface area contributed by atoms with Gasteiger partial charge in [-0.2, -0.15) is 0 Å². The Morgan fingerprint density at radius 2 is 1.76 bits per heavy atom. The Morgan fingerprint density at radius 1 is 1.10 bits per heavy atom. The first kappa shape index (κ1) is 20.3. The van der Waals surface area contributed by atoms with Gasteiger partial charge in [-0.25, -0.2) is 4.39 Å². The van der Waals surface area contributed by atoms with Crippen LogP contribution in [-0.4, -0.2) is 78.1 Å². The minimum absolute atomic E-state index is 0.00664. The monoisotopic (exact) mass is 403 g/mol. The normalized spacial score (nSPS) is 30.7. The number of nitrogens with zero attached hydrogens (tertiary/aromatic N) is 3. The Bertz CT molecular complexity index is 770. The van der Waals surface area contributed by atoms with E-state index in [1.807, 2.05) is 11.9 Å². The molecule has 3 fully saturated rings. The largest absolute Gasteiger partial charge is 0.353 e. The zero-order valence-corrected chi connectivity index (χ0v) is 17.3. The highest BCUT2D eigenvalue weighted by Crippen LogP contribution is 2.43. The van der Waals surface area contributed by atoms with Gasteiger partial charge in [0.1, 0.15) is 17.6 Å². The van der Waals surface area contributed by atoms with E-state index in [4.69, 9.17) is 4.74 Å². The van der Waals surface area contributed by atoms with Crippen molar-refractivity contribution in [2.45, 2.75) is 44.4 Å². The molecule has 3 aliphatic rings. The topological polar surface area (TPSA) is 53.1 Å². The second kappa shape index (κ2) is 8.03. The molecule has 1 aromatic carbocycles. The van der Waals surface area contributed by atoms with Gasteiger partial charge < -0.3 is 14.5 Å². The summed E-state index contributed by atoms with van der Waals surface area (Å²) in [7, 11) is 2.03. The van der Waals surface area contributed by atoms with E-state index >= 15 is 0 Å². The Kier molecular flexibility index (Phi) is 5.62. The molecular weight excluding hydrogens is 373 g/mol. The lowest BCUT2D eigenvalue weighted by Gasteiger charge is -2.44. The van der Waals surface area contributed by atoms with Crippen molar-refractivity contribution >= 4 is 11.8 Å².